The van der Waals surface area contributed by atoms with Crippen LogP contribution >= 0.6 is 11.3 Å². The van der Waals surface area contributed by atoms with Gasteiger partial charge in [-0.05, 0) is 42.4 Å². The van der Waals surface area contributed by atoms with Gasteiger partial charge in [0.2, 0.25) is 0 Å². The zero-order valence-corrected chi connectivity index (χ0v) is 23.3. The number of thiophene rings is 1. The van der Waals surface area contributed by atoms with Crippen LogP contribution in [0, 0.1) is 11.3 Å². The Morgan fingerprint density at radius 3 is 2.60 bits per heavy atom. The molecule has 1 saturated heterocycles. The fraction of sp³-hybridized carbons (Fsp3) is 0.276. The number of fused-ring (bicyclic) bond motifs is 1. The number of nitrogen functional groups attached to an aromatic ring is 2. The molecule has 5 rings (SSSR count). The van der Waals surface area contributed by atoms with Crippen LogP contribution in [0.1, 0.15) is 15.2 Å². The Morgan fingerprint density at radius 1 is 1.12 bits per heavy atom. The number of ether oxygens (including phenoxy) is 2. The van der Waals surface area contributed by atoms with Crippen LogP contribution in [0.3, 0.4) is 0 Å². The van der Waals surface area contributed by atoms with Crippen LogP contribution in [0.15, 0.2) is 42.5 Å². The zero-order valence-electron chi connectivity index (χ0n) is 22.4. The third-order valence-corrected chi connectivity index (χ3v) is 8.26. The van der Waals surface area contributed by atoms with Crippen LogP contribution < -0.4 is 26.7 Å². The van der Waals surface area contributed by atoms with Crippen LogP contribution in [0.2, 0.25) is 0 Å². The first-order valence-corrected chi connectivity index (χ1v) is 13.7. The van der Waals surface area contributed by atoms with Gasteiger partial charge in [-0.2, -0.15) is 5.26 Å². The van der Waals surface area contributed by atoms with Crippen molar-refractivity contribution in [3.8, 4) is 39.8 Å². The number of anilines is 2. The lowest BCUT2D eigenvalue weighted by Gasteiger charge is -2.32. The molecule has 0 bridgehead atoms. The number of primary amides is 1. The van der Waals surface area contributed by atoms with Crippen molar-refractivity contribution in [3.63, 3.8) is 0 Å². The molecule has 2 aromatic carbocycles. The Kier molecular flexibility index (Phi) is 7.75. The van der Waals surface area contributed by atoms with E-state index in [-0.39, 0.29) is 21.9 Å². The van der Waals surface area contributed by atoms with Crippen LogP contribution in [-0.4, -0.2) is 74.2 Å². The molecule has 1 aliphatic heterocycles. The van der Waals surface area contributed by atoms with Crippen molar-refractivity contribution >= 4 is 39.0 Å². The summed E-state index contributed by atoms with van der Waals surface area (Å²) in [5.41, 5.74) is 21.3. The summed E-state index contributed by atoms with van der Waals surface area (Å²) in [5.74, 6) is 0.783. The van der Waals surface area contributed by atoms with Gasteiger partial charge in [0.1, 0.15) is 45.3 Å². The number of benzene rings is 2. The maximum absolute atomic E-state index is 12.0. The van der Waals surface area contributed by atoms with Gasteiger partial charge in [0.05, 0.1) is 12.8 Å². The standard InChI is InChI=1S/C29H31N7O3S/c1-35-8-10-36(11-9-35)12-13-39-19-5-3-4-17(14-19)20-15-18(6-7-22(20)38-2)23-21(16-30)27(32)34-29-24(23)25(31)26(40-29)28(33)37/h3-7,14-15H,8-13,31H2,1-2H3,(H2,32,34)(H2,33,37). The van der Waals surface area contributed by atoms with Gasteiger partial charge in [0, 0.05) is 49.2 Å². The predicted octanol–water partition coefficient (Wildman–Crippen LogP) is 3.40. The number of piperazine rings is 1. The van der Waals surface area contributed by atoms with E-state index >= 15 is 0 Å². The molecule has 11 heteroatoms. The highest BCUT2D eigenvalue weighted by Gasteiger charge is 2.24. The Labute approximate surface area is 236 Å². The fourth-order valence-corrected chi connectivity index (χ4v) is 5.93. The third kappa shape index (κ3) is 5.24. The highest BCUT2D eigenvalue weighted by atomic mass is 32.1. The zero-order chi connectivity index (χ0) is 28.4. The first-order chi connectivity index (χ1) is 19.3. The van der Waals surface area contributed by atoms with E-state index in [1.54, 1.807) is 7.11 Å². The van der Waals surface area contributed by atoms with Crippen molar-refractivity contribution < 1.29 is 14.3 Å². The molecule has 3 heterocycles. The number of nitrogens with two attached hydrogens (primary N) is 3. The Bertz CT molecular complexity index is 1620. The number of amides is 1. The fourth-order valence-electron chi connectivity index (χ4n) is 4.96. The summed E-state index contributed by atoms with van der Waals surface area (Å²) in [7, 11) is 3.75. The molecule has 4 aromatic rings. The van der Waals surface area contributed by atoms with Gasteiger partial charge in [0.15, 0.2) is 0 Å². The number of pyridine rings is 1. The summed E-state index contributed by atoms with van der Waals surface area (Å²) in [6, 6.07) is 15.5. The number of rotatable bonds is 8. The molecule has 0 unspecified atom stereocenters. The molecule has 40 heavy (non-hydrogen) atoms. The van der Waals surface area contributed by atoms with E-state index in [0.29, 0.717) is 33.7 Å². The minimum absolute atomic E-state index is 0.0513. The monoisotopic (exact) mass is 557 g/mol. The second-order valence-corrected chi connectivity index (χ2v) is 10.7. The summed E-state index contributed by atoms with van der Waals surface area (Å²) in [6.45, 7) is 5.66. The number of carbonyl (C=O) groups is 1. The van der Waals surface area contributed by atoms with E-state index in [9.17, 15) is 10.1 Å². The lowest BCUT2D eigenvalue weighted by molar-refractivity contribution is 0.100. The number of aromatic nitrogens is 1. The van der Waals surface area contributed by atoms with Gasteiger partial charge in [-0.3, -0.25) is 9.69 Å². The second-order valence-electron chi connectivity index (χ2n) is 9.68. The molecule has 1 fully saturated rings. The SMILES string of the molecule is COc1ccc(-c2c(C#N)c(N)nc3sc(C(N)=O)c(N)c23)cc1-c1cccc(OCCN2CCN(C)CC2)c1. The summed E-state index contributed by atoms with van der Waals surface area (Å²) in [5, 5.41) is 10.5. The lowest BCUT2D eigenvalue weighted by Crippen LogP contribution is -2.45. The molecule has 0 spiro atoms. The van der Waals surface area contributed by atoms with Crippen molar-refractivity contribution in [1.82, 2.24) is 14.8 Å². The van der Waals surface area contributed by atoms with E-state index in [0.717, 1.165) is 60.9 Å². The first-order valence-electron chi connectivity index (χ1n) is 12.8. The van der Waals surface area contributed by atoms with Crippen molar-refractivity contribution in [3.05, 3.63) is 52.9 Å². The molecule has 0 aliphatic carbocycles. The molecule has 6 N–H and O–H groups in total. The van der Waals surface area contributed by atoms with E-state index in [1.807, 2.05) is 42.5 Å². The van der Waals surface area contributed by atoms with Gasteiger partial charge in [-0.15, -0.1) is 11.3 Å². The van der Waals surface area contributed by atoms with E-state index in [4.69, 9.17) is 26.7 Å². The molecule has 1 amide bonds. The Morgan fingerprint density at radius 2 is 1.90 bits per heavy atom. The Hall–Kier alpha value is -4.37. The summed E-state index contributed by atoms with van der Waals surface area (Å²) >= 11 is 1.06. The van der Waals surface area contributed by atoms with Crippen molar-refractivity contribution in [2.24, 2.45) is 5.73 Å². The Balaban J connectivity index is 1.52. The molecule has 2 aromatic heterocycles. The number of methoxy groups -OCH3 is 1. The van der Waals surface area contributed by atoms with Crippen LogP contribution in [0.25, 0.3) is 32.5 Å². The van der Waals surface area contributed by atoms with Crippen LogP contribution in [0.4, 0.5) is 11.5 Å². The summed E-state index contributed by atoms with van der Waals surface area (Å²) in [6.07, 6.45) is 0. The van der Waals surface area contributed by atoms with Crippen LogP contribution in [0.5, 0.6) is 11.5 Å². The topological polar surface area (TPSA) is 157 Å². The number of hydrogen-bond acceptors (Lipinski definition) is 10. The molecular weight excluding hydrogens is 526 g/mol. The maximum atomic E-state index is 12.0. The number of carbonyl (C=O) groups excluding carboxylic acids is 1. The molecule has 10 nitrogen and oxygen atoms in total. The van der Waals surface area contributed by atoms with E-state index < -0.39 is 5.91 Å². The van der Waals surface area contributed by atoms with E-state index in [1.165, 1.54) is 0 Å². The largest absolute Gasteiger partial charge is 0.496 e. The summed E-state index contributed by atoms with van der Waals surface area (Å²) < 4.78 is 11.8. The second kappa shape index (κ2) is 11.4. The minimum Gasteiger partial charge on any atom is -0.496 e. The first kappa shape index (κ1) is 27.2. The van der Waals surface area contributed by atoms with Gasteiger partial charge >= 0.3 is 0 Å². The smallest absolute Gasteiger partial charge is 0.260 e. The summed E-state index contributed by atoms with van der Waals surface area (Å²) in [4.78, 5) is 21.7. The molecule has 206 valence electrons. The number of nitriles is 1. The van der Waals surface area contributed by atoms with E-state index in [2.05, 4.69) is 27.9 Å². The van der Waals surface area contributed by atoms with Crippen LogP contribution in [-0.2, 0) is 0 Å². The number of likely N-dealkylation sites (N-methyl/N-ethyl adjacent to an activating group) is 1. The molecule has 0 saturated carbocycles. The maximum Gasteiger partial charge on any atom is 0.260 e. The van der Waals surface area contributed by atoms with Crippen molar-refractivity contribution in [1.29, 1.82) is 5.26 Å². The minimum atomic E-state index is -0.664. The molecule has 1 aliphatic rings. The van der Waals surface area contributed by atoms with Gasteiger partial charge < -0.3 is 31.6 Å². The van der Waals surface area contributed by atoms with Gasteiger partial charge in [-0.1, -0.05) is 18.2 Å². The average Bonchev–Trinajstić information content (AvgIpc) is 3.29. The third-order valence-electron chi connectivity index (χ3n) is 7.15. The lowest BCUT2D eigenvalue weighted by atomic mass is 9.93. The highest BCUT2D eigenvalue weighted by Crippen LogP contribution is 2.44. The number of hydrogen-bond donors (Lipinski definition) is 3. The number of nitrogens with zero attached hydrogens (tertiary/aromatic N) is 4. The predicted molar refractivity (Wildman–Crippen MR) is 159 cm³/mol. The van der Waals surface area contributed by atoms with Crippen molar-refractivity contribution in [2.45, 2.75) is 0 Å². The quantitative estimate of drug-likeness (QED) is 0.295. The van der Waals surface area contributed by atoms with Crippen molar-refractivity contribution in [2.75, 3.05) is 65.0 Å². The van der Waals surface area contributed by atoms with Gasteiger partial charge in [0.25, 0.3) is 5.91 Å². The molecular formula is C29H31N7O3S. The average molecular weight is 558 g/mol. The highest BCUT2D eigenvalue weighted by molar-refractivity contribution is 7.21. The normalized spacial score (nSPS) is 14.2. The van der Waals surface area contributed by atoms with Gasteiger partial charge in [-0.25, -0.2) is 4.98 Å². The molecule has 0 radical (unpaired) electrons. The molecule has 0 atom stereocenters.